The molecule has 0 saturated heterocycles. The van der Waals surface area contributed by atoms with E-state index in [1.807, 2.05) is 31.2 Å². The molecule has 0 unspecified atom stereocenters. The van der Waals surface area contributed by atoms with Gasteiger partial charge in [-0.25, -0.2) is 4.68 Å². The fourth-order valence-corrected chi connectivity index (χ4v) is 2.24. The number of halogens is 2. The highest BCUT2D eigenvalue weighted by atomic mass is 19.3. The number of nitrogens with zero attached hydrogens (tertiary/aromatic N) is 4. The number of aryl methyl sites for hydroxylation is 1. The van der Waals surface area contributed by atoms with Crippen molar-refractivity contribution in [2.75, 3.05) is 5.32 Å². The van der Waals surface area contributed by atoms with Gasteiger partial charge < -0.3 is 5.32 Å². The first-order valence-electron chi connectivity index (χ1n) is 7.24. The van der Waals surface area contributed by atoms with Gasteiger partial charge in [0.05, 0.1) is 18.4 Å². The van der Waals surface area contributed by atoms with E-state index in [1.165, 1.54) is 12.3 Å². The molecule has 0 fully saturated rings. The number of benzene rings is 1. The van der Waals surface area contributed by atoms with E-state index in [1.54, 1.807) is 10.9 Å². The van der Waals surface area contributed by atoms with E-state index in [0.29, 0.717) is 16.9 Å². The van der Waals surface area contributed by atoms with Crippen LogP contribution in [-0.2, 0) is 6.54 Å². The minimum Gasteiger partial charge on any atom is -0.318 e. The predicted molar refractivity (Wildman–Crippen MR) is 83.9 cm³/mol. The summed E-state index contributed by atoms with van der Waals surface area (Å²) in [5, 5.41) is 10.3. The Labute approximate surface area is 136 Å². The summed E-state index contributed by atoms with van der Waals surface area (Å²) in [6, 6.07) is 9.17. The molecule has 1 amide bonds. The molecular formula is C16H15F2N5O. The van der Waals surface area contributed by atoms with Gasteiger partial charge in [-0.1, -0.05) is 24.3 Å². The van der Waals surface area contributed by atoms with Crippen LogP contribution in [0.5, 0.6) is 0 Å². The second-order valence-electron chi connectivity index (χ2n) is 5.27. The minimum atomic E-state index is -2.77. The lowest BCUT2D eigenvalue weighted by molar-refractivity contribution is 0.0561. The molecule has 124 valence electrons. The van der Waals surface area contributed by atoms with Crippen LogP contribution in [0.2, 0.25) is 0 Å². The zero-order valence-electron chi connectivity index (χ0n) is 12.9. The number of nitrogens with one attached hydrogen (secondary N) is 1. The summed E-state index contributed by atoms with van der Waals surface area (Å²) in [5.41, 5.74) is 2.66. The summed E-state index contributed by atoms with van der Waals surface area (Å²) in [5.74, 6) is -0.565. The van der Waals surface area contributed by atoms with Crippen molar-refractivity contribution in [3.8, 4) is 0 Å². The number of anilines is 1. The van der Waals surface area contributed by atoms with Crippen LogP contribution in [0, 0.1) is 6.92 Å². The number of rotatable bonds is 5. The first-order valence-corrected chi connectivity index (χ1v) is 7.24. The molecule has 0 spiro atoms. The average Bonchev–Trinajstić information content (AvgIpc) is 3.19. The fraction of sp³-hybridized carbons (Fsp3) is 0.188. The molecule has 0 aliphatic heterocycles. The fourth-order valence-electron chi connectivity index (χ4n) is 2.24. The van der Waals surface area contributed by atoms with E-state index in [-0.39, 0.29) is 5.69 Å². The normalized spacial score (nSPS) is 11.0. The number of alkyl halides is 2. The first-order chi connectivity index (χ1) is 11.5. The molecule has 0 saturated carbocycles. The van der Waals surface area contributed by atoms with E-state index in [2.05, 4.69) is 15.5 Å². The lowest BCUT2D eigenvalue weighted by Crippen LogP contribution is -2.13. The Morgan fingerprint density at radius 3 is 2.79 bits per heavy atom. The maximum absolute atomic E-state index is 12.5. The summed E-state index contributed by atoms with van der Waals surface area (Å²) in [6.07, 6.45) is 4.23. The highest BCUT2D eigenvalue weighted by Crippen LogP contribution is 2.13. The van der Waals surface area contributed by atoms with Crippen molar-refractivity contribution < 1.29 is 13.6 Å². The molecule has 3 aromatic rings. The Morgan fingerprint density at radius 1 is 1.29 bits per heavy atom. The van der Waals surface area contributed by atoms with Crippen molar-refractivity contribution in [3.63, 3.8) is 0 Å². The molecule has 3 rings (SSSR count). The summed E-state index contributed by atoms with van der Waals surface area (Å²) in [4.78, 5) is 12.0. The molecule has 8 heteroatoms. The Kier molecular flexibility index (Phi) is 4.37. The number of hydrogen-bond donors (Lipinski definition) is 1. The molecular weight excluding hydrogens is 316 g/mol. The Hall–Kier alpha value is -3.03. The molecule has 0 aliphatic carbocycles. The molecule has 2 aromatic heterocycles. The predicted octanol–water partition coefficient (Wildman–Crippen LogP) is 3.08. The third-order valence-electron chi connectivity index (χ3n) is 3.53. The lowest BCUT2D eigenvalue weighted by Gasteiger charge is -2.05. The molecule has 2 heterocycles. The first kappa shape index (κ1) is 15.9. The number of amides is 1. The van der Waals surface area contributed by atoms with Gasteiger partial charge in [-0.2, -0.15) is 19.0 Å². The van der Waals surface area contributed by atoms with Gasteiger partial charge in [-0.3, -0.25) is 9.48 Å². The number of hydrogen-bond acceptors (Lipinski definition) is 3. The highest BCUT2D eigenvalue weighted by molar-refractivity contribution is 6.02. The highest BCUT2D eigenvalue weighted by Gasteiger charge is 2.14. The van der Waals surface area contributed by atoms with Gasteiger partial charge in [0.2, 0.25) is 0 Å². The SMILES string of the molecule is Cc1ccccc1Cn1cc(NC(=O)c2ccn(C(F)F)n2)cn1. The zero-order chi connectivity index (χ0) is 17.1. The molecule has 24 heavy (non-hydrogen) atoms. The summed E-state index contributed by atoms with van der Waals surface area (Å²) in [7, 11) is 0. The van der Waals surface area contributed by atoms with Crippen LogP contribution in [0.1, 0.15) is 28.2 Å². The van der Waals surface area contributed by atoms with E-state index in [4.69, 9.17) is 0 Å². The maximum Gasteiger partial charge on any atom is 0.333 e. The van der Waals surface area contributed by atoms with Crippen LogP contribution >= 0.6 is 0 Å². The third kappa shape index (κ3) is 3.48. The van der Waals surface area contributed by atoms with Gasteiger partial charge in [0.1, 0.15) is 0 Å². The standard InChI is InChI=1S/C16H15F2N5O/c1-11-4-2-3-5-12(11)9-22-10-13(8-19-22)20-15(24)14-6-7-23(21-14)16(17)18/h2-8,10,16H,9H2,1H3,(H,20,24). The van der Waals surface area contributed by atoms with Crippen LogP contribution < -0.4 is 5.32 Å². The summed E-state index contributed by atoms with van der Waals surface area (Å²) >= 11 is 0. The van der Waals surface area contributed by atoms with Gasteiger partial charge in [-0.05, 0) is 24.1 Å². The van der Waals surface area contributed by atoms with Crippen LogP contribution in [0.4, 0.5) is 14.5 Å². The molecule has 0 radical (unpaired) electrons. The van der Waals surface area contributed by atoms with Crippen LogP contribution in [0.15, 0.2) is 48.9 Å². The van der Waals surface area contributed by atoms with E-state index in [9.17, 15) is 13.6 Å². The van der Waals surface area contributed by atoms with Gasteiger partial charge in [0, 0.05) is 12.4 Å². The van der Waals surface area contributed by atoms with Crippen LogP contribution in [0.3, 0.4) is 0 Å². The topological polar surface area (TPSA) is 64.7 Å². The van der Waals surface area contributed by atoms with Crippen molar-refractivity contribution in [2.24, 2.45) is 0 Å². The molecule has 0 bridgehead atoms. The lowest BCUT2D eigenvalue weighted by atomic mass is 10.1. The molecule has 0 aliphatic rings. The summed E-state index contributed by atoms with van der Waals surface area (Å²) in [6.45, 7) is -0.188. The zero-order valence-corrected chi connectivity index (χ0v) is 12.9. The molecule has 6 nitrogen and oxygen atoms in total. The van der Waals surface area contributed by atoms with Gasteiger partial charge in [0.15, 0.2) is 5.69 Å². The van der Waals surface area contributed by atoms with Crippen molar-refractivity contribution in [1.29, 1.82) is 0 Å². The number of carbonyl (C=O) groups is 1. The average molecular weight is 331 g/mol. The van der Waals surface area contributed by atoms with Crippen molar-refractivity contribution in [3.05, 3.63) is 65.7 Å². The van der Waals surface area contributed by atoms with Crippen molar-refractivity contribution >= 4 is 11.6 Å². The van der Waals surface area contributed by atoms with Crippen molar-refractivity contribution in [1.82, 2.24) is 19.6 Å². The smallest absolute Gasteiger partial charge is 0.318 e. The van der Waals surface area contributed by atoms with E-state index >= 15 is 0 Å². The van der Waals surface area contributed by atoms with Gasteiger partial charge in [0.25, 0.3) is 5.91 Å². The second-order valence-corrected chi connectivity index (χ2v) is 5.27. The monoisotopic (exact) mass is 331 g/mol. The Bertz CT molecular complexity index is 856. The molecule has 1 N–H and O–H groups in total. The number of aromatic nitrogens is 4. The molecule has 1 aromatic carbocycles. The quantitative estimate of drug-likeness (QED) is 0.781. The van der Waals surface area contributed by atoms with Crippen molar-refractivity contribution in [2.45, 2.75) is 20.0 Å². The minimum absolute atomic E-state index is 0.0815. The maximum atomic E-state index is 12.5. The Morgan fingerprint density at radius 2 is 2.08 bits per heavy atom. The number of carbonyl (C=O) groups excluding carboxylic acids is 1. The second kappa shape index (κ2) is 6.61. The third-order valence-corrected chi connectivity index (χ3v) is 3.53. The van der Waals surface area contributed by atoms with Gasteiger partial charge >= 0.3 is 6.55 Å². The Balaban J connectivity index is 1.67. The summed E-state index contributed by atoms with van der Waals surface area (Å²) < 4.78 is 27.1. The van der Waals surface area contributed by atoms with Crippen LogP contribution in [-0.4, -0.2) is 25.5 Å². The van der Waals surface area contributed by atoms with E-state index < -0.39 is 12.5 Å². The molecule has 0 atom stereocenters. The van der Waals surface area contributed by atoms with Crippen LogP contribution in [0.25, 0.3) is 0 Å². The van der Waals surface area contributed by atoms with Gasteiger partial charge in [-0.15, -0.1) is 0 Å². The largest absolute Gasteiger partial charge is 0.333 e. The van der Waals surface area contributed by atoms with E-state index in [0.717, 1.165) is 17.3 Å².